The molecule has 2 nitrogen and oxygen atoms in total. The van der Waals surface area contributed by atoms with Gasteiger partial charge in [0.1, 0.15) is 0 Å². The van der Waals surface area contributed by atoms with Crippen molar-refractivity contribution in [1.29, 1.82) is 5.26 Å². The van der Waals surface area contributed by atoms with E-state index in [0.29, 0.717) is 0 Å². The van der Waals surface area contributed by atoms with Gasteiger partial charge in [0.15, 0.2) is 0 Å². The lowest BCUT2D eigenvalue weighted by atomic mass is 10.1. The third-order valence-electron chi connectivity index (χ3n) is 3.11. The summed E-state index contributed by atoms with van der Waals surface area (Å²) in [4.78, 5) is 2.18. The highest BCUT2D eigenvalue weighted by atomic mass is 15.1. The van der Waals surface area contributed by atoms with Crippen LogP contribution < -0.4 is 4.90 Å². The van der Waals surface area contributed by atoms with Gasteiger partial charge in [-0.15, -0.1) is 0 Å². The first kappa shape index (κ1) is 10.0. The number of anilines is 1. The highest BCUT2D eigenvalue weighted by Crippen LogP contribution is 2.45. The van der Waals surface area contributed by atoms with Crippen molar-refractivity contribution in [2.45, 2.75) is 19.8 Å². The first-order valence-electron chi connectivity index (χ1n) is 5.34. The minimum atomic E-state index is -0.0559. The zero-order chi connectivity index (χ0) is 10.9. The van der Waals surface area contributed by atoms with Gasteiger partial charge in [-0.25, -0.2) is 0 Å². The van der Waals surface area contributed by atoms with E-state index in [0.717, 1.165) is 19.4 Å². The maximum absolute atomic E-state index is 9.02. The molecule has 1 aliphatic rings. The standard InChI is InChI=1S/C13H16N2/c1-11-3-5-12(6-4-11)15(2)10-13(9-14)7-8-13/h3-6H,7-8,10H2,1-2H3. The molecule has 0 atom stereocenters. The summed E-state index contributed by atoms with van der Waals surface area (Å²) in [6.45, 7) is 2.94. The second kappa shape index (κ2) is 3.58. The zero-order valence-electron chi connectivity index (χ0n) is 9.33. The Morgan fingerprint density at radius 1 is 1.33 bits per heavy atom. The molecular weight excluding hydrogens is 184 g/mol. The van der Waals surface area contributed by atoms with E-state index in [1.165, 1.54) is 11.3 Å². The van der Waals surface area contributed by atoms with Crippen LogP contribution >= 0.6 is 0 Å². The Kier molecular flexibility index (Phi) is 2.40. The minimum absolute atomic E-state index is 0.0559. The predicted octanol–water partition coefficient (Wildman–Crippen LogP) is 2.74. The van der Waals surface area contributed by atoms with Gasteiger partial charge in [-0.05, 0) is 31.9 Å². The Labute approximate surface area is 91.1 Å². The highest BCUT2D eigenvalue weighted by Gasteiger charge is 2.44. The second-order valence-corrected chi connectivity index (χ2v) is 4.58. The lowest BCUT2D eigenvalue weighted by molar-refractivity contribution is 0.653. The van der Waals surface area contributed by atoms with Crippen molar-refractivity contribution in [3.05, 3.63) is 29.8 Å². The molecule has 1 aromatic rings. The molecule has 0 radical (unpaired) electrons. The summed E-state index contributed by atoms with van der Waals surface area (Å²) in [6, 6.07) is 10.9. The van der Waals surface area contributed by atoms with Crippen molar-refractivity contribution in [2.75, 3.05) is 18.5 Å². The maximum Gasteiger partial charge on any atom is 0.0749 e. The first-order valence-corrected chi connectivity index (χ1v) is 5.34. The molecule has 1 fully saturated rings. The van der Waals surface area contributed by atoms with Crippen LogP contribution in [0.2, 0.25) is 0 Å². The molecule has 0 N–H and O–H groups in total. The van der Waals surface area contributed by atoms with Crippen LogP contribution in [0.15, 0.2) is 24.3 Å². The van der Waals surface area contributed by atoms with Gasteiger partial charge in [0, 0.05) is 19.3 Å². The molecule has 1 saturated carbocycles. The fourth-order valence-electron chi connectivity index (χ4n) is 1.80. The summed E-state index contributed by atoms with van der Waals surface area (Å²) in [7, 11) is 2.06. The minimum Gasteiger partial charge on any atom is -0.373 e. The van der Waals surface area contributed by atoms with Gasteiger partial charge in [0.25, 0.3) is 0 Å². The monoisotopic (exact) mass is 200 g/mol. The van der Waals surface area contributed by atoms with Crippen LogP contribution in [0.3, 0.4) is 0 Å². The van der Waals surface area contributed by atoms with Crippen LogP contribution in [-0.2, 0) is 0 Å². The van der Waals surface area contributed by atoms with Gasteiger partial charge in [-0.1, -0.05) is 17.7 Å². The molecule has 0 amide bonds. The molecule has 2 heteroatoms. The van der Waals surface area contributed by atoms with E-state index in [-0.39, 0.29) is 5.41 Å². The van der Waals surface area contributed by atoms with E-state index >= 15 is 0 Å². The Balaban J connectivity index is 2.05. The van der Waals surface area contributed by atoms with Crippen LogP contribution in [0, 0.1) is 23.7 Å². The molecule has 1 aromatic carbocycles. The maximum atomic E-state index is 9.02. The van der Waals surface area contributed by atoms with Crippen molar-refractivity contribution in [1.82, 2.24) is 0 Å². The van der Waals surface area contributed by atoms with E-state index < -0.39 is 0 Å². The quantitative estimate of drug-likeness (QED) is 0.750. The molecule has 0 saturated heterocycles. The molecule has 1 aliphatic carbocycles. The van der Waals surface area contributed by atoms with Gasteiger partial charge < -0.3 is 4.90 Å². The number of rotatable bonds is 3. The van der Waals surface area contributed by atoms with Gasteiger partial charge in [0.2, 0.25) is 0 Å². The normalized spacial score (nSPS) is 16.9. The molecule has 0 aliphatic heterocycles. The van der Waals surface area contributed by atoms with Gasteiger partial charge in [-0.2, -0.15) is 5.26 Å². The predicted molar refractivity (Wildman–Crippen MR) is 61.7 cm³/mol. The molecule has 2 rings (SSSR count). The molecule has 0 bridgehead atoms. The van der Waals surface area contributed by atoms with E-state index in [1.54, 1.807) is 0 Å². The SMILES string of the molecule is Cc1ccc(N(C)CC2(C#N)CC2)cc1. The number of aryl methyl sites for hydroxylation is 1. The van der Waals surface area contributed by atoms with E-state index in [1.807, 2.05) is 0 Å². The Morgan fingerprint density at radius 2 is 1.93 bits per heavy atom. The molecule has 15 heavy (non-hydrogen) atoms. The van der Waals surface area contributed by atoms with Crippen LogP contribution in [0.25, 0.3) is 0 Å². The number of hydrogen-bond donors (Lipinski definition) is 0. The van der Waals surface area contributed by atoms with Crippen molar-refractivity contribution < 1.29 is 0 Å². The Hall–Kier alpha value is -1.49. The molecule has 0 unspecified atom stereocenters. The van der Waals surface area contributed by atoms with Crippen molar-refractivity contribution in [2.24, 2.45) is 5.41 Å². The summed E-state index contributed by atoms with van der Waals surface area (Å²) < 4.78 is 0. The third kappa shape index (κ3) is 2.12. The van der Waals surface area contributed by atoms with Gasteiger partial charge in [-0.3, -0.25) is 0 Å². The molecule has 0 heterocycles. The summed E-state index contributed by atoms with van der Waals surface area (Å²) in [5.41, 5.74) is 2.41. The van der Waals surface area contributed by atoms with E-state index in [9.17, 15) is 0 Å². The lowest BCUT2D eigenvalue weighted by Crippen LogP contribution is -2.25. The number of hydrogen-bond acceptors (Lipinski definition) is 2. The van der Waals surface area contributed by atoms with E-state index in [4.69, 9.17) is 5.26 Å². The van der Waals surface area contributed by atoms with Crippen LogP contribution in [0.5, 0.6) is 0 Å². The van der Waals surface area contributed by atoms with Crippen molar-refractivity contribution >= 4 is 5.69 Å². The van der Waals surface area contributed by atoms with Gasteiger partial charge >= 0.3 is 0 Å². The smallest absolute Gasteiger partial charge is 0.0749 e. The second-order valence-electron chi connectivity index (χ2n) is 4.58. The fourth-order valence-corrected chi connectivity index (χ4v) is 1.80. The Bertz CT molecular complexity index is 382. The van der Waals surface area contributed by atoms with Crippen LogP contribution in [0.4, 0.5) is 5.69 Å². The van der Waals surface area contributed by atoms with Crippen LogP contribution in [-0.4, -0.2) is 13.6 Å². The molecule has 78 valence electrons. The van der Waals surface area contributed by atoms with E-state index in [2.05, 4.69) is 49.2 Å². The first-order chi connectivity index (χ1) is 7.15. The fraction of sp³-hybridized carbons (Fsp3) is 0.462. The van der Waals surface area contributed by atoms with Crippen molar-refractivity contribution in [3.8, 4) is 6.07 Å². The number of nitrogens with zero attached hydrogens (tertiary/aromatic N) is 2. The largest absolute Gasteiger partial charge is 0.373 e. The molecule has 0 spiro atoms. The summed E-state index contributed by atoms with van der Waals surface area (Å²) in [5, 5.41) is 9.02. The average molecular weight is 200 g/mol. The molecular formula is C13H16N2. The zero-order valence-corrected chi connectivity index (χ0v) is 9.33. The van der Waals surface area contributed by atoms with Gasteiger partial charge in [0.05, 0.1) is 11.5 Å². The third-order valence-corrected chi connectivity index (χ3v) is 3.11. The van der Waals surface area contributed by atoms with Crippen LogP contribution in [0.1, 0.15) is 18.4 Å². The topological polar surface area (TPSA) is 27.0 Å². The lowest BCUT2D eigenvalue weighted by Gasteiger charge is -2.21. The molecule has 0 aromatic heterocycles. The Morgan fingerprint density at radius 3 is 2.40 bits per heavy atom. The summed E-state index contributed by atoms with van der Waals surface area (Å²) >= 11 is 0. The van der Waals surface area contributed by atoms with Crippen molar-refractivity contribution in [3.63, 3.8) is 0 Å². The summed E-state index contributed by atoms with van der Waals surface area (Å²) in [5.74, 6) is 0. The highest BCUT2D eigenvalue weighted by molar-refractivity contribution is 5.47. The number of benzene rings is 1. The summed E-state index contributed by atoms with van der Waals surface area (Å²) in [6.07, 6.45) is 2.11. The average Bonchev–Trinajstić information content (AvgIpc) is 2.99. The number of nitriles is 1.